The molecule has 2 heterocycles. The second-order valence-electron chi connectivity index (χ2n) is 11.4. The first-order valence-electron chi connectivity index (χ1n) is 14.8. The zero-order chi connectivity index (χ0) is 30.5. The zero-order valence-corrected chi connectivity index (χ0v) is 25.1. The number of hydrogen-bond donors (Lipinski definition) is 2. The summed E-state index contributed by atoms with van der Waals surface area (Å²) in [6, 6.07) is 20.0. The van der Waals surface area contributed by atoms with E-state index in [4.69, 9.17) is 14.2 Å². The van der Waals surface area contributed by atoms with Gasteiger partial charge in [0.15, 0.2) is 11.5 Å². The van der Waals surface area contributed by atoms with E-state index in [1.807, 2.05) is 36.4 Å². The fourth-order valence-corrected chi connectivity index (χ4v) is 6.72. The summed E-state index contributed by atoms with van der Waals surface area (Å²) < 4.78 is 31.7. The number of halogens is 1. The van der Waals surface area contributed by atoms with Gasteiger partial charge in [-0.05, 0) is 68.1 Å². The van der Waals surface area contributed by atoms with E-state index in [1.165, 1.54) is 27.4 Å². The Morgan fingerprint density at radius 1 is 0.907 bits per heavy atom. The minimum atomic E-state index is -0.664. The number of nitrogens with zero attached hydrogens (tertiary/aromatic N) is 1. The van der Waals surface area contributed by atoms with Gasteiger partial charge in [-0.3, -0.25) is 9.59 Å². The molecule has 3 aromatic rings. The van der Waals surface area contributed by atoms with Crippen LogP contribution in [0.5, 0.6) is 17.2 Å². The average molecular weight is 590 g/mol. The molecule has 1 atom stereocenters. The van der Waals surface area contributed by atoms with Crippen molar-refractivity contribution >= 4 is 11.8 Å². The van der Waals surface area contributed by atoms with Crippen LogP contribution in [0.2, 0.25) is 0 Å². The van der Waals surface area contributed by atoms with Crippen molar-refractivity contribution in [3.8, 4) is 17.2 Å². The second kappa shape index (κ2) is 13.0. The molecule has 2 saturated heterocycles. The molecule has 2 aliphatic heterocycles. The molecule has 0 aromatic heterocycles. The highest BCUT2D eigenvalue weighted by Gasteiger charge is 2.44. The smallest absolute Gasteiger partial charge is 0.254 e. The first kappa shape index (κ1) is 30.4. The first-order valence-corrected chi connectivity index (χ1v) is 14.8. The third-order valence-corrected chi connectivity index (χ3v) is 9.11. The molecule has 5 rings (SSSR count). The number of carbonyl (C=O) groups is 2. The van der Waals surface area contributed by atoms with Gasteiger partial charge in [-0.15, -0.1) is 0 Å². The van der Waals surface area contributed by atoms with Crippen molar-refractivity contribution in [2.24, 2.45) is 0 Å². The Bertz CT molecular complexity index is 1420. The predicted octanol–water partition coefficient (Wildman–Crippen LogP) is 4.46. The molecule has 8 nitrogen and oxygen atoms in total. The predicted molar refractivity (Wildman–Crippen MR) is 163 cm³/mol. The molecular formula is C34H40FN3O5. The van der Waals surface area contributed by atoms with Crippen LogP contribution in [0.25, 0.3) is 0 Å². The van der Waals surface area contributed by atoms with Crippen LogP contribution in [0.4, 0.5) is 4.39 Å². The molecule has 2 amide bonds. The number of piperidine rings is 1. The summed E-state index contributed by atoms with van der Waals surface area (Å²) in [5.41, 5.74) is 0.692. The van der Waals surface area contributed by atoms with Crippen LogP contribution < -0.4 is 24.8 Å². The van der Waals surface area contributed by atoms with Gasteiger partial charge in [-0.2, -0.15) is 0 Å². The van der Waals surface area contributed by atoms with E-state index < -0.39 is 10.8 Å². The number of nitrogens with one attached hydrogen (secondary N) is 2. The summed E-state index contributed by atoms with van der Waals surface area (Å²) in [5.74, 6) is 0.651. The van der Waals surface area contributed by atoms with Crippen molar-refractivity contribution in [3.63, 3.8) is 0 Å². The Labute approximate surface area is 252 Å². The molecule has 0 radical (unpaired) electrons. The molecule has 3 aromatic carbocycles. The third kappa shape index (κ3) is 5.91. The molecule has 43 heavy (non-hydrogen) atoms. The Balaban J connectivity index is 1.38. The Morgan fingerprint density at radius 3 is 2.19 bits per heavy atom. The van der Waals surface area contributed by atoms with E-state index >= 15 is 4.39 Å². The van der Waals surface area contributed by atoms with Gasteiger partial charge in [0.1, 0.15) is 5.82 Å². The quantitative estimate of drug-likeness (QED) is 0.363. The largest absolute Gasteiger partial charge is 0.493 e. The fourth-order valence-electron chi connectivity index (χ4n) is 6.72. The highest BCUT2D eigenvalue weighted by Crippen LogP contribution is 2.42. The van der Waals surface area contributed by atoms with Gasteiger partial charge in [0.2, 0.25) is 11.7 Å². The summed E-state index contributed by atoms with van der Waals surface area (Å²) >= 11 is 0. The Kier molecular flexibility index (Phi) is 9.20. The molecule has 0 aliphatic carbocycles. The Hall–Kier alpha value is -4.11. The van der Waals surface area contributed by atoms with Gasteiger partial charge < -0.3 is 29.7 Å². The highest BCUT2D eigenvalue weighted by atomic mass is 19.1. The molecule has 2 aliphatic rings. The lowest BCUT2D eigenvalue weighted by molar-refractivity contribution is -0.127. The highest BCUT2D eigenvalue weighted by molar-refractivity contribution is 5.96. The maximum Gasteiger partial charge on any atom is 0.254 e. The summed E-state index contributed by atoms with van der Waals surface area (Å²) in [7, 11) is 4.52. The summed E-state index contributed by atoms with van der Waals surface area (Å²) in [4.78, 5) is 29.3. The number of rotatable bonds is 10. The number of amides is 2. The molecule has 2 fully saturated rings. The number of benzene rings is 3. The SMILES string of the molecule is COc1cc(C(=O)N2CCC(CCNC(=O)C3(c4ccccc4)CCNCC3)(c3ccccc3F)C2)cc(OC)c1OC. The number of likely N-dealkylation sites (tertiary alicyclic amines) is 1. The number of hydrogen-bond acceptors (Lipinski definition) is 6. The summed E-state index contributed by atoms with van der Waals surface area (Å²) in [5, 5.41) is 6.58. The topological polar surface area (TPSA) is 89.1 Å². The van der Waals surface area contributed by atoms with Crippen LogP contribution in [0.3, 0.4) is 0 Å². The van der Waals surface area contributed by atoms with Crippen molar-refractivity contribution in [1.29, 1.82) is 0 Å². The minimum Gasteiger partial charge on any atom is -0.493 e. The monoisotopic (exact) mass is 589 g/mol. The molecule has 0 saturated carbocycles. The van der Waals surface area contributed by atoms with Gasteiger partial charge in [0.05, 0.1) is 26.7 Å². The van der Waals surface area contributed by atoms with E-state index in [9.17, 15) is 9.59 Å². The van der Waals surface area contributed by atoms with Gasteiger partial charge in [-0.25, -0.2) is 4.39 Å². The zero-order valence-electron chi connectivity index (χ0n) is 25.1. The van der Waals surface area contributed by atoms with Crippen LogP contribution in [0.15, 0.2) is 66.7 Å². The van der Waals surface area contributed by atoms with Gasteiger partial charge in [0.25, 0.3) is 5.91 Å². The lowest BCUT2D eigenvalue weighted by Crippen LogP contribution is -2.51. The van der Waals surface area contributed by atoms with Gasteiger partial charge in [-0.1, -0.05) is 48.5 Å². The summed E-state index contributed by atoms with van der Waals surface area (Å²) in [6.45, 7) is 2.64. The van der Waals surface area contributed by atoms with Crippen LogP contribution in [0.1, 0.15) is 47.2 Å². The van der Waals surface area contributed by atoms with Crippen LogP contribution >= 0.6 is 0 Å². The van der Waals surface area contributed by atoms with Crippen molar-refractivity contribution in [2.75, 3.05) is 54.1 Å². The number of carbonyl (C=O) groups excluding carboxylic acids is 2. The second-order valence-corrected chi connectivity index (χ2v) is 11.4. The van der Waals surface area contributed by atoms with E-state index in [1.54, 1.807) is 29.2 Å². The van der Waals surface area contributed by atoms with Crippen LogP contribution in [0, 0.1) is 5.82 Å². The van der Waals surface area contributed by atoms with Crippen molar-refractivity contribution in [3.05, 3.63) is 89.2 Å². The van der Waals surface area contributed by atoms with Crippen LogP contribution in [-0.2, 0) is 15.6 Å². The molecule has 1 unspecified atom stereocenters. The molecule has 2 N–H and O–H groups in total. The molecular weight excluding hydrogens is 549 g/mol. The normalized spacial score (nSPS) is 19.5. The van der Waals surface area contributed by atoms with Gasteiger partial charge in [0, 0.05) is 30.6 Å². The fraction of sp³-hybridized carbons (Fsp3) is 0.412. The summed E-state index contributed by atoms with van der Waals surface area (Å²) in [6.07, 6.45) is 2.46. The molecule has 228 valence electrons. The van der Waals surface area contributed by atoms with Crippen LogP contribution in [-0.4, -0.2) is 70.8 Å². The van der Waals surface area contributed by atoms with Crippen molar-refractivity contribution in [2.45, 2.75) is 36.5 Å². The average Bonchev–Trinajstić information content (AvgIpc) is 3.49. The van der Waals surface area contributed by atoms with Crippen molar-refractivity contribution in [1.82, 2.24) is 15.5 Å². The molecule has 0 bridgehead atoms. The lowest BCUT2D eigenvalue weighted by atomic mass is 9.72. The Morgan fingerprint density at radius 2 is 1.56 bits per heavy atom. The first-order chi connectivity index (χ1) is 20.9. The minimum absolute atomic E-state index is 0.00719. The molecule has 9 heteroatoms. The van der Waals surface area contributed by atoms with E-state index in [-0.39, 0.29) is 17.6 Å². The third-order valence-electron chi connectivity index (χ3n) is 9.11. The lowest BCUT2D eigenvalue weighted by Gasteiger charge is -2.37. The standard InChI is InChI=1S/C34H40FN3O5/c1-41-28-21-24(22-29(42-2)30(28)43-3)31(39)38-20-16-33(23-38,26-11-7-8-12-27(26)35)13-19-37-32(40)34(14-17-36-18-15-34)25-9-5-4-6-10-25/h4-12,21-22,36H,13-20,23H2,1-3H3,(H,37,40). The van der Waals surface area contributed by atoms with Crippen molar-refractivity contribution < 1.29 is 28.2 Å². The maximum atomic E-state index is 15.3. The number of ether oxygens (including phenoxy) is 3. The van der Waals surface area contributed by atoms with E-state index in [0.717, 1.165) is 18.7 Å². The van der Waals surface area contributed by atoms with E-state index in [2.05, 4.69) is 10.6 Å². The maximum absolute atomic E-state index is 15.3. The van der Waals surface area contributed by atoms with E-state index in [0.29, 0.717) is 73.7 Å². The molecule has 0 spiro atoms. The van der Waals surface area contributed by atoms with Gasteiger partial charge >= 0.3 is 0 Å². The number of methoxy groups -OCH3 is 3.